The molecule has 0 spiro atoms. The third-order valence-electron chi connectivity index (χ3n) is 11.8. The van der Waals surface area contributed by atoms with Crippen molar-refractivity contribution in [2.75, 3.05) is 0 Å². The number of fused-ring (bicyclic) bond motifs is 9. The van der Waals surface area contributed by atoms with Gasteiger partial charge in [0.05, 0.1) is 16.7 Å². The number of hydrogen-bond acceptors (Lipinski definition) is 1. The van der Waals surface area contributed by atoms with E-state index in [0.717, 1.165) is 0 Å². The highest BCUT2D eigenvalue weighted by Gasteiger charge is 2.21. The largest absolute Gasteiger partial charge is 0.309 e. The van der Waals surface area contributed by atoms with Crippen molar-refractivity contribution in [3.63, 3.8) is 0 Å². The van der Waals surface area contributed by atoms with Crippen LogP contribution in [-0.2, 0) is 0 Å². The summed E-state index contributed by atoms with van der Waals surface area (Å²) in [5.74, 6) is 0. The van der Waals surface area contributed by atoms with E-state index in [1.807, 2.05) is 11.3 Å². The maximum Gasteiger partial charge on any atom is 0.0541 e. The number of nitrogens with zero attached hydrogens (tertiary/aromatic N) is 1. The van der Waals surface area contributed by atoms with Crippen LogP contribution in [0.1, 0.15) is 0 Å². The first-order valence-corrected chi connectivity index (χ1v) is 20.1. The Balaban J connectivity index is 1.10. The van der Waals surface area contributed by atoms with Crippen molar-refractivity contribution < 1.29 is 0 Å². The molecule has 0 fully saturated rings. The highest BCUT2D eigenvalue weighted by atomic mass is 32.1. The number of benzene rings is 10. The number of para-hydroxylation sites is 1. The van der Waals surface area contributed by atoms with Gasteiger partial charge in [0.25, 0.3) is 0 Å². The van der Waals surface area contributed by atoms with E-state index in [1.165, 1.54) is 113 Å². The molecule has 0 radical (unpaired) electrons. The molecule has 56 heavy (non-hydrogen) atoms. The topological polar surface area (TPSA) is 4.93 Å². The van der Waals surface area contributed by atoms with Gasteiger partial charge in [-0.25, -0.2) is 0 Å². The second kappa shape index (κ2) is 12.3. The zero-order chi connectivity index (χ0) is 36.7. The highest BCUT2D eigenvalue weighted by molar-refractivity contribution is 7.26. The Morgan fingerprint density at radius 2 is 0.875 bits per heavy atom. The Morgan fingerprint density at radius 1 is 0.304 bits per heavy atom. The molecular weight excluding hydrogens is 695 g/mol. The molecule has 0 N–H and O–H groups in total. The lowest BCUT2D eigenvalue weighted by molar-refractivity contribution is 1.20. The lowest BCUT2D eigenvalue weighted by atomic mass is 9.84. The van der Waals surface area contributed by atoms with E-state index >= 15 is 0 Å². The zero-order valence-electron chi connectivity index (χ0n) is 30.4. The molecule has 2 aromatic heterocycles. The molecule has 0 amide bonds. The van der Waals surface area contributed by atoms with Crippen LogP contribution in [0.3, 0.4) is 0 Å². The Kier molecular flexibility index (Phi) is 6.87. The SMILES string of the molecule is c1ccc(-c2c3ccccc3c(-c3ccc(-n4c5ccccc5c5cc(-c6cccc7c6sc6ccccc67)ccc54)c4ccccc34)c3ccccc23)cc1. The standard InChI is InChI=1S/C54H33NS/c1-2-15-34(16-3-1)52-41-21-6-8-23-43(41)53(44-24-9-7-22-42(44)52)45-30-32-49(38-18-5-4-17-37(38)45)55-48-27-12-10-19-39(48)47-33-35(29-31-50(47)55)36-25-14-26-46-40-20-11-13-28-51(40)56-54(36)46/h1-33H. The van der Waals surface area contributed by atoms with E-state index in [0.29, 0.717) is 0 Å². The third kappa shape index (κ3) is 4.54. The van der Waals surface area contributed by atoms with Crippen molar-refractivity contribution in [1.29, 1.82) is 0 Å². The van der Waals surface area contributed by atoms with Crippen molar-refractivity contribution in [1.82, 2.24) is 4.57 Å². The Morgan fingerprint density at radius 3 is 1.62 bits per heavy atom. The Hall–Kier alpha value is -7.00. The van der Waals surface area contributed by atoms with Crippen LogP contribution in [0.4, 0.5) is 0 Å². The van der Waals surface area contributed by atoms with Crippen molar-refractivity contribution in [2.24, 2.45) is 0 Å². The fraction of sp³-hybridized carbons (Fsp3) is 0. The fourth-order valence-electron chi connectivity index (χ4n) is 9.41. The molecule has 1 nitrogen and oxygen atoms in total. The van der Waals surface area contributed by atoms with Crippen LogP contribution in [-0.4, -0.2) is 4.57 Å². The first kappa shape index (κ1) is 31.4. The molecule has 0 atom stereocenters. The van der Waals surface area contributed by atoms with Crippen LogP contribution < -0.4 is 0 Å². The first-order chi connectivity index (χ1) is 27.8. The van der Waals surface area contributed by atoms with Crippen LogP contribution in [0.5, 0.6) is 0 Å². The number of thiophene rings is 1. The minimum Gasteiger partial charge on any atom is -0.309 e. The Labute approximate surface area is 327 Å². The van der Waals surface area contributed by atoms with E-state index in [1.54, 1.807) is 0 Å². The molecule has 12 aromatic rings. The average Bonchev–Trinajstić information content (AvgIpc) is 3.81. The quantitative estimate of drug-likeness (QED) is 0.159. The molecule has 0 aliphatic heterocycles. The predicted molar refractivity (Wildman–Crippen MR) is 242 cm³/mol. The molecular formula is C54H33NS. The van der Waals surface area contributed by atoms with Crippen LogP contribution in [0.25, 0.3) is 113 Å². The molecule has 0 saturated carbocycles. The van der Waals surface area contributed by atoms with Gasteiger partial charge >= 0.3 is 0 Å². The van der Waals surface area contributed by atoms with Gasteiger partial charge < -0.3 is 4.57 Å². The summed E-state index contributed by atoms with van der Waals surface area (Å²) in [5.41, 5.74) is 11.2. The number of rotatable bonds is 4. The van der Waals surface area contributed by atoms with Crippen LogP contribution in [0.15, 0.2) is 200 Å². The van der Waals surface area contributed by atoms with Gasteiger partial charge in [0.1, 0.15) is 0 Å². The average molecular weight is 728 g/mol. The lowest BCUT2D eigenvalue weighted by Crippen LogP contribution is -1.97. The van der Waals surface area contributed by atoms with Gasteiger partial charge in [0.15, 0.2) is 0 Å². The van der Waals surface area contributed by atoms with Crippen molar-refractivity contribution in [3.8, 4) is 39.1 Å². The molecule has 10 aromatic carbocycles. The number of aromatic nitrogens is 1. The van der Waals surface area contributed by atoms with Gasteiger partial charge in [0, 0.05) is 36.3 Å². The van der Waals surface area contributed by atoms with Gasteiger partial charge in [-0.05, 0) is 90.6 Å². The molecule has 2 heterocycles. The molecule has 0 aliphatic carbocycles. The monoisotopic (exact) mass is 727 g/mol. The maximum atomic E-state index is 2.48. The molecule has 2 heteroatoms. The summed E-state index contributed by atoms with van der Waals surface area (Å²) < 4.78 is 5.15. The van der Waals surface area contributed by atoms with Gasteiger partial charge in [0.2, 0.25) is 0 Å². The predicted octanol–water partition coefficient (Wildman–Crippen LogP) is 15.6. The summed E-state index contributed by atoms with van der Waals surface area (Å²) in [4.78, 5) is 0. The highest BCUT2D eigenvalue weighted by Crippen LogP contribution is 2.47. The third-order valence-corrected chi connectivity index (χ3v) is 13.0. The normalized spacial score (nSPS) is 11.9. The molecule has 0 unspecified atom stereocenters. The van der Waals surface area contributed by atoms with E-state index in [-0.39, 0.29) is 0 Å². The minimum atomic E-state index is 1.18. The van der Waals surface area contributed by atoms with E-state index < -0.39 is 0 Å². The zero-order valence-corrected chi connectivity index (χ0v) is 31.2. The van der Waals surface area contributed by atoms with Crippen molar-refractivity contribution in [2.45, 2.75) is 0 Å². The van der Waals surface area contributed by atoms with Crippen molar-refractivity contribution in [3.05, 3.63) is 200 Å². The van der Waals surface area contributed by atoms with Crippen LogP contribution in [0.2, 0.25) is 0 Å². The Bertz CT molecular complexity index is 3470. The van der Waals surface area contributed by atoms with Gasteiger partial charge in [-0.3, -0.25) is 0 Å². The minimum absolute atomic E-state index is 1.18. The molecule has 0 saturated heterocycles. The van der Waals surface area contributed by atoms with E-state index in [4.69, 9.17) is 0 Å². The van der Waals surface area contributed by atoms with Crippen molar-refractivity contribution >= 4 is 85.6 Å². The summed E-state index contributed by atoms with van der Waals surface area (Å²) in [6.07, 6.45) is 0. The molecule has 12 rings (SSSR count). The lowest BCUT2D eigenvalue weighted by Gasteiger charge is -2.20. The summed E-state index contributed by atoms with van der Waals surface area (Å²) in [5, 5.41) is 12.7. The van der Waals surface area contributed by atoms with Gasteiger partial charge in [-0.2, -0.15) is 0 Å². The van der Waals surface area contributed by atoms with Gasteiger partial charge in [-0.1, -0.05) is 170 Å². The smallest absolute Gasteiger partial charge is 0.0541 e. The summed E-state index contributed by atoms with van der Waals surface area (Å²) in [6, 6.07) is 73.9. The second-order valence-electron chi connectivity index (χ2n) is 14.7. The summed E-state index contributed by atoms with van der Waals surface area (Å²) >= 11 is 1.89. The molecule has 0 aliphatic rings. The maximum absolute atomic E-state index is 2.48. The van der Waals surface area contributed by atoms with E-state index in [9.17, 15) is 0 Å². The summed E-state index contributed by atoms with van der Waals surface area (Å²) in [6.45, 7) is 0. The second-order valence-corrected chi connectivity index (χ2v) is 15.8. The number of hydrogen-bond donors (Lipinski definition) is 0. The first-order valence-electron chi connectivity index (χ1n) is 19.3. The summed E-state index contributed by atoms with van der Waals surface area (Å²) in [7, 11) is 0. The van der Waals surface area contributed by atoms with E-state index in [2.05, 4.69) is 205 Å². The fourth-order valence-corrected chi connectivity index (χ4v) is 10.6. The van der Waals surface area contributed by atoms with Crippen LogP contribution in [0, 0.1) is 0 Å². The molecule has 0 bridgehead atoms. The van der Waals surface area contributed by atoms with Crippen LogP contribution >= 0.6 is 11.3 Å². The van der Waals surface area contributed by atoms with Gasteiger partial charge in [-0.15, -0.1) is 11.3 Å². The molecule has 260 valence electrons.